The Labute approximate surface area is 206 Å². The molecule has 0 saturated carbocycles. The summed E-state index contributed by atoms with van der Waals surface area (Å²) in [4.78, 5) is 0. The molecule has 1 aliphatic heterocycles. The van der Waals surface area contributed by atoms with E-state index >= 15 is 0 Å². The highest BCUT2D eigenvalue weighted by Crippen LogP contribution is 2.40. The lowest BCUT2D eigenvalue weighted by Gasteiger charge is -2.32. The molecule has 5 aromatic rings. The van der Waals surface area contributed by atoms with E-state index in [1.165, 1.54) is 0 Å². The highest BCUT2D eigenvalue weighted by molar-refractivity contribution is 6.66. The summed E-state index contributed by atoms with van der Waals surface area (Å²) in [5.74, 6) is 0. The first-order chi connectivity index (χ1) is 20.8. The maximum absolute atomic E-state index is 9.23. The summed E-state index contributed by atoms with van der Waals surface area (Å²) in [7, 11) is -1.28. The summed E-state index contributed by atoms with van der Waals surface area (Å²) in [5.41, 5.74) is -3.29. The first-order valence-corrected chi connectivity index (χ1v) is 10.1. The van der Waals surface area contributed by atoms with Crippen LogP contribution in [0.15, 0.2) is 83.0 Å². The zero-order valence-electron chi connectivity index (χ0n) is 30.8. The Hall–Kier alpha value is -3.08. The fraction of sp³-hybridized carbons (Fsp3) is 0.214. The second-order valence-corrected chi connectivity index (χ2v) is 8.64. The topological polar surface area (TPSA) is 31.6 Å². The van der Waals surface area contributed by atoms with Crippen molar-refractivity contribution in [2.24, 2.45) is 0 Å². The minimum absolute atomic E-state index is 0.0226. The fourth-order valence-corrected chi connectivity index (χ4v) is 3.75. The summed E-state index contributed by atoms with van der Waals surface area (Å²) in [6.07, 6.45) is 0. The van der Waals surface area contributed by atoms with E-state index in [-0.39, 0.29) is 44.2 Å². The normalized spacial score (nSPS) is 23.2. The molecule has 0 bridgehead atoms. The van der Waals surface area contributed by atoms with Gasteiger partial charge in [0.2, 0.25) is 0 Å². The second kappa shape index (κ2) is 6.71. The molecular weight excluding hydrogens is 395 g/mol. The molecule has 32 heavy (non-hydrogen) atoms. The molecule has 4 heteroatoms. The number of furan rings is 1. The lowest BCUT2D eigenvalue weighted by atomic mass is 9.75. The summed E-state index contributed by atoms with van der Waals surface area (Å²) in [5, 5.41) is -0.561. The van der Waals surface area contributed by atoms with E-state index < -0.39 is 102 Å². The smallest absolute Gasteiger partial charge is 0.455 e. The Morgan fingerprint density at radius 3 is 2.16 bits per heavy atom. The van der Waals surface area contributed by atoms with Crippen molar-refractivity contribution in [1.82, 2.24) is 0 Å². The molecule has 2 heterocycles. The van der Waals surface area contributed by atoms with Gasteiger partial charge in [0.1, 0.15) is 11.2 Å². The summed E-state index contributed by atoms with van der Waals surface area (Å²) < 4.78 is 130. The largest absolute Gasteiger partial charge is 0.495 e. The molecule has 3 nitrogen and oxygen atoms in total. The molecule has 0 radical (unpaired) electrons. The molecule has 6 rings (SSSR count). The van der Waals surface area contributed by atoms with Gasteiger partial charge in [0.05, 0.1) is 29.0 Å². The Morgan fingerprint density at radius 2 is 1.41 bits per heavy atom. The number of hydrogen-bond acceptors (Lipinski definition) is 3. The Balaban J connectivity index is 1.87. The van der Waals surface area contributed by atoms with Gasteiger partial charge in [-0.2, -0.15) is 0 Å². The zero-order chi connectivity index (χ0) is 33.4. The number of rotatable bonds is 2. The molecule has 0 amide bonds. The molecule has 0 unspecified atom stereocenters. The number of benzene rings is 4. The van der Waals surface area contributed by atoms with Crippen molar-refractivity contribution in [1.29, 1.82) is 0 Å². The Kier molecular flexibility index (Phi) is 2.15. The minimum Gasteiger partial charge on any atom is -0.455 e. The second-order valence-electron chi connectivity index (χ2n) is 8.64. The van der Waals surface area contributed by atoms with Crippen molar-refractivity contribution >= 4 is 45.3 Å². The van der Waals surface area contributed by atoms with Crippen LogP contribution in [0.5, 0.6) is 0 Å². The molecule has 4 aromatic carbocycles. The van der Waals surface area contributed by atoms with Gasteiger partial charge in [-0.15, -0.1) is 0 Å². The molecular formula is C28H25BO3. The van der Waals surface area contributed by atoms with Crippen molar-refractivity contribution in [3.8, 4) is 11.1 Å². The standard InChI is InChI=1S/C28H25BO3/c1-27(2)28(3,4)32-29(31-27)23-16-20-12-8-9-13-21(20)26-25(23)22-15-14-19(17-24(22)30-26)18-10-6-5-7-11-18/h5-17H,1-4H3/i5D,6D,7D,8D,9D,10D,11D,12D,13D,14D,15D,16D,17D. The molecule has 1 aliphatic rings. The van der Waals surface area contributed by atoms with Crippen LogP contribution < -0.4 is 5.46 Å². The first kappa shape index (κ1) is 10.2. The van der Waals surface area contributed by atoms with Gasteiger partial charge in [-0.1, -0.05) is 66.5 Å². The average molecular weight is 433 g/mol. The highest BCUT2D eigenvalue weighted by Gasteiger charge is 2.52. The maximum Gasteiger partial charge on any atom is 0.495 e. The lowest BCUT2D eigenvalue weighted by molar-refractivity contribution is 0.00578. The van der Waals surface area contributed by atoms with Gasteiger partial charge in [-0.25, -0.2) is 0 Å². The van der Waals surface area contributed by atoms with Gasteiger partial charge < -0.3 is 13.7 Å². The van der Waals surface area contributed by atoms with E-state index in [4.69, 9.17) is 30.2 Å². The van der Waals surface area contributed by atoms with E-state index in [2.05, 4.69) is 0 Å². The van der Waals surface area contributed by atoms with Crippen LogP contribution in [0, 0.1) is 0 Å². The maximum atomic E-state index is 9.23. The zero-order valence-corrected chi connectivity index (χ0v) is 17.8. The summed E-state index contributed by atoms with van der Waals surface area (Å²) in [6.45, 7) is 7.11. The van der Waals surface area contributed by atoms with Gasteiger partial charge in [0.25, 0.3) is 0 Å². The van der Waals surface area contributed by atoms with Crippen molar-refractivity contribution in [2.75, 3.05) is 0 Å². The molecule has 0 atom stereocenters. The van der Waals surface area contributed by atoms with Gasteiger partial charge in [-0.3, -0.25) is 0 Å². The molecule has 1 aromatic heterocycles. The van der Waals surface area contributed by atoms with Gasteiger partial charge >= 0.3 is 7.12 Å². The summed E-state index contributed by atoms with van der Waals surface area (Å²) >= 11 is 0. The van der Waals surface area contributed by atoms with Crippen LogP contribution in [0.1, 0.15) is 45.5 Å². The lowest BCUT2D eigenvalue weighted by Crippen LogP contribution is -2.41. The van der Waals surface area contributed by atoms with Crippen LogP contribution in [0.3, 0.4) is 0 Å². The third-order valence-corrected chi connectivity index (χ3v) is 6.14. The van der Waals surface area contributed by atoms with Crippen molar-refractivity contribution < 1.29 is 31.5 Å². The van der Waals surface area contributed by atoms with Crippen LogP contribution in [0.4, 0.5) is 0 Å². The Morgan fingerprint density at radius 1 is 0.719 bits per heavy atom. The number of fused-ring (bicyclic) bond motifs is 5. The minimum atomic E-state index is -1.28. The predicted octanol–water partition coefficient (Wildman–Crippen LogP) is 6.71. The van der Waals surface area contributed by atoms with Crippen LogP contribution in [-0.2, 0) is 9.31 Å². The van der Waals surface area contributed by atoms with E-state index in [0.29, 0.717) is 0 Å². The summed E-state index contributed by atoms with van der Waals surface area (Å²) in [6, 6.07) is -7.80. The molecule has 158 valence electrons. The van der Waals surface area contributed by atoms with E-state index in [1.54, 1.807) is 27.7 Å². The van der Waals surface area contributed by atoms with Crippen LogP contribution >= 0.6 is 0 Å². The van der Waals surface area contributed by atoms with Gasteiger partial charge in [-0.05, 0) is 61.8 Å². The predicted molar refractivity (Wildman–Crippen MR) is 132 cm³/mol. The first-order valence-electron chi connectivity index (χ1n) is 16.6. The van der Waals surface area contributed by atoms with Crippen LogP contribution in [-0.4, -0.2) is 18.3 Å². The van der Waals surface area contributed by atoms with E-state index in [9.17, 15) is 1.37 Å². The van der Waals surface area contributed by atoms with E-state index in [0.717, 1.165) is 0 Å². The molecule has 1 saturated heterocycles. The SMILES string of the molecule is [2H]c1c([2H])c([2H])c(-c2c([2H])c([2H])c3c(oc4c5c([2H])c([2H])c([2H])c([2H])c5c([2H])c(B5OC(C)(C)C(C)(C)O5)c43)c2[2H])c([2H])c1[2H]. The average Bonchev–Trinajstić information content (AvgIpc) is 3.46. The molecule has 0 spiro atoms. The molecule has 0 aliphatic carbocycles. The third kappa shape index (κ3) is 2.83. The third-order valence-electron chi connectivity index (χ3n) is 6.14. The number of hydrogen-bond donors (Lipinski definition) is 0. The van der Waals surface area contributed by atoms with E-state index in [1.807, 2.05) is 0 Å². The van der Waals surface area contributed by atoms with Crippen molar-refractivity contribution in [3.05, 3.63) is 78.6 Å². The highest BCUT2D eigenvalue weighted by atomic mass is 16.7. The van der Waals surface area contributed by atoms with Crippen molar-refractivity contribution in [2.45, 2.75) is 38.9 Å². The van der Waals surface area contributed by atoms with Crippen LogP contribution in [0.2, 0.25) is 0 Å². The van der Waals surface area contributed by atoms with Crippen molar-refractivity contribution in [3.63, 3.8) is 0 Å². The van der Waals surface area contributed by atoms with Gasteiger partial charge in [0.15, 0.2) is 0 Å². The fourth-order valence-electron chi connectivity index (χ4n) is 3.75. The Bertz CT molecular complexity index is 2130. The molecule has 1 fully saturated rings. The molecule has 0 N–H and O–H groups in total. The van der Waals surface area contributed by atoms with Gasteiger partial charge in [0, 0.05) is 16.2 Å². The quantitative estimate of drug-likeness (QED) is 0.290. The van der Waals surface area contributed by atoms with Crippen LogP contribution in [0.25, 0.3) is 43.8 Å². The monoisotopic (exact) mass is 433 g/mol.